The first-order chi connectivity index (χ1) is 11.4. The third-order valence-corrected chi connectivity index (χ3v) is 4.79. The van der Waals surface area contributed by atoms with Gasteiger partial charge < -0.3 is 4.90 Å². The first-order valence-electron chi connectivity index (χ1n) is 7.67. The molecular formula is C16H15FN4O3. The van der Waals surface area contributed by atoms with Crippen LogP contribution in [0.3, 0.4) is 0 Å². The molecule has 4 rings (SSSR count). The van der Waals surface area contributed by atoms with E-state index in [9.17, 15) is 18.8 Å². The predicted molar refractivity (Wildman–Crippen MR) is 80.6 cm³/mol. The van der Waals surface area contributed by atoms with Gasteiger partial charge in [0, 0.05) is 25.7 Å². The molecule has 0 aliphatic carbocycles. The van der Waals surface area contributed by atoms with E-state index in [1.807, 2.05) is 6.92 Å². The van der Waals surface area contributed by atoms with E-state index in [2.05, 4.69) is 10.3 Å². The number of amides is 3. The SMILES string of the molecule is Cc1ccc2nc(C(=O)N3CC[C@]4(CC(=O)NC4=O)C3)c(F)n2c1. The van der Waals surface area contributed by atoms with E-state index in [0.29, 0.717) is 18.6 Å². The Morgan fingerprint density at radius 1 is 1.38 bits per heavy atom. The standard InChI is InChI=1S/C16H15FN4O3/c1-9-2-3-10-18-12(13(17)21(10)7-9)14(23)20-5-4-16(8-20)6-11(22)19-15(16)24/h2-3,7H,4-6,8H2,1H3,(H,19,22,24)/t16-/m0/s1. The van der Waals surface area contributed by atoms with Gasteiger partial charge in [-0.15, -0.1) is 0 Å². The smallest absolute Gasteiger partial charge is 0.277 e. The van der Waals surface area contributed by atoms with Crippen molar-refractivity contribution in [1.82, 2.24) is 19.6 Å². The minimum absolute atomic E-state index is 0.0719. The van der Waals surface area contributed by atoms with Gasteiger partial charge >= 0.3 is 0 Å². The van der Waals surface area contributed by atoms with Crippen molar-refractivity contribution in [3.63, 3.8) is 0 Å². The monoisotopic (exact) mass is 330 g/mol. The summed E-state index contributed by atoms with van der Waals surface area (Å²) in [6.45, 7) is 2.22. The Balaban J connectivity index is 1.64. The highest BCUT2D eigenvalue weighted by molar-refractivity contribution is 6.06. The predicted octanol–water partition coefficient (Wildman–Crippen LogP) is 0.661. The van der Waals surface area contributed by atoms with Crippen LogP contribution in [-0.4, -0.2) is 45.1 Å². The third-order valence-electron chi connectivity index (χ3n) is 4.79. The summed E-state index contributed by atoms with van der Waals surface area (Å²) in [6.07, 6.45) is 2.04. The molecule has 0 unspecified atom stereocenters. The zero-order valence-electron chi connectivity index (χ0n) is 13.0. The Bertz CT molecular complexity index is 906. The number of aryl methyl sites for hydroxylation is 1. The fourth-order valence-electron chi connectivity index (χ4n) is 3.47. The lowest BCUT2D eigenvalue weighted by molar-refractivity contribution is -0.128. The van der Waals surface area contributed by atoms with E-state index in [0.717, 1.165) is 5.56 Å². The number of hydrogen-bond donors (Lipinski definition) is 1. The van der Waals surface area contributed by atoms with Gasteiger partial charge in [0.2, 0.25) is 17.8 Å². The maximum atomic E-state index is 14.5. The van der Waals surface area contributed by atoms with Crippen LogP contribution in [0.2, 0.25) is 0 Å². The van der Waals surface area contributed by atoms with E-state index in [-0.39, 0.29) is 30.5 Å². The van der Waals surface area contributed by atoms with Crippen LogP contribution in [0, 0.1) is 18.3 Å². The number of rotatable bonds is 1. The third kappa shape index (κ3) is 2.02. The van der Waals surface area contributed by atoms with Crippen LogP contribution in [-0.2, 0) is 9.59 Å². The molecule has 2 saturated heterocycles. The normalized spacial score (nSPS) is 23.5. The summed E-state index contributed by atoms with van der Waals surface area (Å²) < 4.78 is 15.8. The summed E-state index contributed by atoms with van der Waals surface area (Å²) in [5.41, 5.74) is 0.0597. The number of pyridine rings is 1. The first kappa shape index (κ1) is 14.8. The van der Waals surface area contributed by atoms with Crippen LogP contribution in [0.4, 0.5) is 4.39 Å². The molecule has 1 spiro atoms. The maximum Gasteiger partial charge on any atom is 0.277 e. The minimum Gasteiger partial charge on any atom is -0.336 e. The van der Waals surface area contributed by atoms with E-state index in [1.165, 1.54) is 9.30 Å². The van der Waals surface area contributed by atoms with Crippen LogP contribution in [0.25, 0.3) is 5.65 Å². The number of carbonyl (C=O) groups is 3. The molecule has 0 saturated carbocycles. The lowest BCUT2D eigenvalue weighted by atomic mass is 9.85. The molecule has 0 radical (unpaired) electrons. The van der Waals surface area contributed by atoms with Gasteiger partial charge in [0.1, 0.15) is 5.65 Å². The highest BCUT2D eigenvalue weighted by atomic mass is 19.1. The largest absolute Gasteiger partial charge is 0.336 e. The molecular weight excluding hydrogens is 315 g/mol. The zero-order chi connectivity index (χ0) is 17.1. The summed E-state index contributed by atoms with van der Waals surface area (Å²) in [6, 6.07) is 3.43. The van der Waals surface area contributed by atoms with Crippen LogP contribution in [0.5, 0.6) is 0 Å². The molecule has 124 valence electrons. The van der Waals surface area contributed by atoms with E-state index >= 15 is 0 Å². The van der Waals surface area contributed by atoms with Crippen LogP contribution < -0.4 is 5.32 Å². The average molecular weight is 330 g/mol. The van der Waals surface area contributed by atoms with Crippen molar-refractivity contribution in [1.29, 1.82) is 0 Å². The second-order valence-electron chi connectivity index (χ2n) is 6.50. The Labute approximate surface area is 136 Å². The average Bonchev–Trinajstić information content (AvgIpc) is 3.18. The second kappa shape index (κ2) is 4.86. The molecule has 7 nitrogen and oxygen atoms in total. The summed E-state index contributed by atoms with van der Waals surface area (Å²) in [7, 11) is 0. The fraction of sp³-hybridized carbons (Fsp3) is 0.375. The molecule has 0 bridgehead atoms. The van der Waals surface area contributed by atoms with E-state index in [4.69, 9.17) is 0 Å². The number of hydrogen-bond acceptors (Lipinski definition) is 4. The highest BCUT2D eigenvalue weighted by Gasteiger charge is 2.52. The number of aromatic nitrogens is 2. The molecule has 8 heteroatoms. The summed E-state index contributed by atoms with van der Waals surface area (Å²) in [5, 5.41) is 2.28. The number of nitrogens with zero attached hydrogens (tertiary/aromatic N) is 3. The van der Waals surface area contributed by atoms with Crippen molar-refractivity contribution < 1.29 is 18.8 Å². The summed E-state index contributed by atoms with van der Waals surface area (Å²) in [4.78, 5) is 41.6. The van der Waals surface area contributed by atoms with Crippen molar-refractivity contribution >= 4 is 23.4 Å². The van der Waals surface area contributed by atoms with Crippen LogP contribution in [0.1, 0.15) is 28.9 Å². The molecule has 2 aromatic heterocycles. The van der Waals surface area contributed by atoms with Crippen molar-refractivity contribution in [3.8, 4) is 0 Å². The van der Waals surface area contributed by atoms with Crippen molar-refractivity contribution in [2.75, 3.05) is 13.1 Å². The van der Waals surface area contributed by atoms with E-state index < -0.39 is 17.3 Å². The fourth-order valence-corrected chi connectivity index (χ4v) is 3.47. The number of carbonyl (C=O) groups excluding carboxylic acids is 3. The first-order valence-corrected chi connectivity index (χ1v) is 7.67. The van der Waals surface area contributed by atoms with Gasteiger partial charge in [-0.05, 0) is 25.0 Å². The molecule has 3 amide bonds. The van der Waals surface area contributed by atoms with E-state index in [1.54, 1.807) is 18.3 Å². The number of imidazole rings is 1. The van der Waals surface area contributed by atoms with Gasteiger partial charge in [-0.3, -0.25) is 24.1 Å². The Morgan fingerprint density at radius 3 is 2.88 bits per heavy atom. The summed E-state index contributed by atoms with van der Waals surface area (Å²) >= 11 is 0. The number of halogens is 1. The number of nitrogens with one attached hydrogen (secondary N) is 1. The number of fused-ring (bicyclic) bond motifs is 1. The van der Waals surface area contributed by atoms with Crippen molar-refractivity contribution in [2.45, 2.75) is 19.8 Å². The van der Waals surface area contributed by atoms with Crippen LogP contribution in [0.15, 0.2) is 18.3 Å². The van der Waals surface area contributed by atoms with Crippen molar-refractivity contribution in [2.24, 2.45) is 5.41 Å². The molecule has 24 heavy (non-hydrogen) atoms. The number of likely N-dealkylation sites (tertiary alicyclic amines) is 1. The topological polar surface area (TPSA) is 83.8 Å². The van der Waals surface area contributed by atoms with Gasteiger partial charge in [-0.25, -0.2) is 4.98 Å². The van der Waals surface area contributed by atoms with Crippen molar-refractivity contribution in [3.05, 3.63) is 35.5 Å². The Kier molecular flexibility index (Phi) is 3.00. The van der Waals surface area contributed by atoms with Gasteiger partial charge in [0.05, 0.1) is 5.41 Å². The molecule has 2 aromatic rings. The molecule has 2 fully saturated rings. The Morgan fingerprint density at radius 2 is 2.17 bits per heavy atom. The molecule has 2 aliphatic heterocycles. The number of imide groups is 1. The molecule has 1 atom stereocenters. The lowest BCUT2D eigenvalue weighted by Gasteiger charge is -2.19. The highest BCUT2D eigenvalue weighted by Crippen LogP contribution is 2.38. The van der Waals surface area contributed by atoms with Crippen LogP contribution >= 0.6 is 0 Å². The lowest BCUT2D eigenvalue weighted by Crippen LogP contribution is -2.37. The second-order valence-corrected chi connectivity index (χ2v) is 6.50. The van der Waals surface area contributed by atoms with Gasteiger partial charge in [0.25, 0.3) is 5.91 Å². The molecule has 0 aromatic carbocycles. The molecule has 1 N–H and O–H groups in total. The minimum atomic E-state index is -0.876. The van der Waals surface area contributed by atoms with Gasteiger partial charge in [0.15, 0.2) is 5.69 Å². The zero-order valence-corrected chi connectivity index (χ0v) is 13.0. The van der Waals surface area contributed by atoms with Gasteiger partial charge in [-0.1, -0.05) is 6.07 Å². The Hall–Kier alpha value is -2.77. The quantitative estimate of drug-likeness (QED) is 0.779. The van der Waals surface area contributed by atoms with Gasteiger partial charge in [-0.2, -0.15) is 4.39 Å². The maximum absolute atomic E-state index is 14.5. The molecule has 4 heterocycles. The molecule has 2 aliphatic rings. The summed E-state index contributed by atoms with van der Waals surface area (Å²) in [5.74, 6) is -1.96.